The number of benzene rings is 2. The van der Waals surface area contributed by atoms with Crippen LogP contribution in [0.25, 0.3) is 0 Å². The summed E-state index contributed by atoms with van der Waals surface area (Å²) in [7, 11) is 3.77. The van der Waals surface area contributed by atoms with Crippen molar-refractivity contribution in [3.8, 4) is 0 Å². The fourth-order valence-electron chi connectivity index (χ4n) is 4.09. The third-order valence-corrected chi connectivity index (χ3v) is 6.23. The zero-order chi connectivity index (χ0) is 22.9. The van der Waals surface area contributed by atoms with Crippen molar-refractivity contribution in [3.63, 3.8) is 0 Å². The molecule has 0 radical (unpaired) electrons. The second-order valence-electron chi connectivity index (χ2n) is 8.62. The van der Waals surface area contributed by atoms with Crippen LogP contribution >= 0.6 is 0 Å². The molecule has 174 valence electrons. The van der Waals surface area contributed by atoms with E-state index in [2.05, 4.69) is 59.4 Å². The average Bonchev–Trinajstić information content (AvgIpc) is 3.30. The Balaban J connectivity index is 1.69. The van der Waals surface area contributed by atoms with Gasteiger partial charge in [0.15, 0.2) is 0 Å². The number of amides is 1. The third kappa shape index (κ3) is 6.55. The lowest BCUT2D eigenvalue weighted by Gasteiger charge is -2.33. The van der Waals surface area contributed by atoms with Crippen LogP contribution in [0.1, 0.15) is 48.7 Å². The first-order valence-corrected chi connectivity index (χ1v) is 11.5. The summed E-state index contributed by atoms with van der Waals surface area (Å²) in [6.07, 6.45) is 2.13. The minimum Gasteiger partial charge on any atom is -0.373 e. The molecular weight excluding hydrogens is 402 g/mol. The number of nitrogens with one attached hydrogen (secondary N) is 1. The van der Waals surface area contributed by atoms with Crippen molar-refractivity contribution in [2.75, 3.05) is 45.5 Å². The Labute approximate surface area is 192 Å². The molecule has 1 N–H and O–H groups in total. The molecule has 6 nitrogen and oxygen atoms in total. The Morgan fingerprint density at radius 1 is 1.19 bits per heavy atom. The van der Waals surface area contributed by atoms with Crippen LogP contribution in [-0.4, -0.2) is 63.5 Å². The molecule has 2 aromatic carbocycles. The van der Waals surface area contributed by atoms with Gasteiger partial charge in [-0.05, 0) is 49.6 Å². The van der Waals surface area contributed by atoms with Crippen LogP contribution in [0.15, 0.2) is 54.6 Å². The summed E-state index contributed by atoms with van der Waals surface area (Å²) >= 11 is 0. The van der Waals surface area contributed by atoms with E-state index in [4.69, 9.17) is 9.47 Å². The largest absolute Gasteiger partial charge is 0.373 e. The van der Waals surface area contributed by atoms with Gasteiger partial charge in [0.2, 0.25) is 0 Å². The summed E-state index contributed by atoms with van der Waals surface area (Å²) in [6.45, 7) is 7.16. The SMILES string of the molecule is CCC(C)NC(=O)c1ccc(N(C)C[C@@H](c2ccccc2)N2CC[C@H](OCOC)C2)cc1. The van der Waals surface area contributed by atoms with Crippen LogP contribution in [0, 0.1) is 0 Å². The fraction of sp³-hybridized carbons (Fsp3) is 0.500. The van der Waals surface area contributed by atoms with Crippen LogP contribution in [0.3, 0.4) is 0 Å². The molecule has 1 amide bonds. The normalized spacial score (nSPS) is 18.3. The van der Waals surface area contributed by atoms with Gasteiger partial charge in [-0.3, -0.25) is 9.69 Å². The highest BCUT2D eigenvalue weighted by Crippen LogP contribution is 2.28. The second-order valence-corrected chi connectivity index (χ2v) is 8.62. The minimum atomic E-state index is -0.0186. The Morgan fingerprint density at radius 3 is 2.56 bits per heavy atom. The monoisotopic (exact) mass is 439 g/mol. The molecule has 3 rings (SSSR count). The van der Waals surface area contributed by atoms with Crippen molar-refractivity contribution in [1.82, 2.24) is 10.2 Å². The van der Waals surface area contributed by atoms with Gasteiger partial charge in [0, 0.05) is 51.1 Å². The maximum Gasteiger partial charge on any atom is 0.251 e. The molecule has 0 spiro atoms. The smallest absolute Gasteiger partial charge is 0.251 e. The van der Waals surface area contributed by atoms with Crippen molar-refractivity contribution < 1.29 is 14.3 Å². The molecule has 1 unspecified atom stereocenters. The zero-order valence-corrected chi connectivity index (χ0v) is 19.8. The summed E-state index contributed by atoms with van der Waals surface area (Å²) in [5, 5.41) is 3.02. The van der Waals surface area contributed by atoms with Gasteiger partial charge in [0.05, 0.1) is 12.1 Å². The van der Waals surface area contributed by atoms with Crippen LogP contribution in [0.2, 0.25) is 0 Å². The van der Waals surface area contributed by atoms with E-state index in [1.807, 2.05) is 31.2 Å². The topological polar surface area (TPSA) is 54.0 Å². The number of hydrogen-bond donors (Lipinski definition) is 1. The molecule has 0 bridgehead atoms. The molecule has 0 aliphatic carbocycles. The first kappa shape index (κ1) is 24.2. The van der Waals surface area contributed by atoms with Gasteiger partial charge in [-0.25, -0.2) is 0 Å². The molecule has 2 aromatic rings. The summed E-state index contributed by atoms with van der Waals surface area (Å²) in [6, 6.07) is 19.0. The number of likely N-dealkylation sites (tertiary alicyclic amines) is 1. The van der Waals surface area contributed by atoms with E-state index < -0.39 is 0 Å². The maximum atomic E-state index is 12.4. The van der Waals surface area contributed by atoms with E-state index in [0.29, 0.717) is 12.4 Å². The van der Waals surface area contributed by atoms with Crippen molar-refractivity contribution in [2.45, 2.75) is 44.9 Å². The highest BCUT2D eigenvalue weighted by atomic mass is 16.7. The van der Waals surface area contributed by atoms with E-state index in [1.165, 1.54) is 5.56 Å². The minimum absolute atomic E-state index is 0.0186. The van der Waals surface area contributed by atoms with Gasteiger partial charge >= 0.3 is 0 Å². The molecule has 32 heavy (non-hydrogen) atoms. The molecule has 1 heterocycles. The lowest BCUT2D eigenvalue weighted by Crippen LogP contribution is -2.36. The van der Waals surface area contributed by atoms with Crippen LogP contribution in [0.5, 0.6) is 0 Å². The van der Waals surface area contributed by atoms with Gasteiger partial charge in [-0.15, -0.1) is 0 Å². The van der Waals surface area contributed by atoms with E-state index in [0.717, 1.165) is 38.2 Å². The highest BCUT2D eigenvalue weighted by Gasteiger charge is 2.30. The predicted molar refractivity (Wildman–Crippen MR) is 129 cm³/mol. The average molecular weight is 440 g/mol. The summed E-state index contributed by atoms with van der Waals surface area (Å²) < 4.78 is 10.9. The summed E-state index contributed by atoms with van der Waals surface area (Å²) in [5.41, 5.74) is 3.09. The van der Waals surface area contributed by atoms with Gasteiger partial charge in [0.25, 0.3) is 5.91 Å². The van der Waals surface area contributed by atoms with E-state index in [1.54, 1.807) is 7.11 Å². The first-order chi connectivity index (χ1) is 15.5. The molecule has 6 heteroatoms. The lowest BCUT2D eigenvalue weighted by atomic mass is 10.0. The zero-order valence-electron chi connectivity index (χ0n) is 19.8. The first-order valence-electron chi connectivity index (χ1n) is 11.5. The Morgan fingerprint density at radius 2 is 1.91 bits per heavy atom. The summed E-state index contributed by atoms with van der Waals surface area (Å²) in [5.74, 6) is -0.0186. The predicted octanol–water partition coefficient (Wildman–Crippen LogP) is 4.09. The Hall–Kier alpha value is -2.41. The van der Waals surface area contributed by atoms with E-state index >= 15 is 0 Å². The van der Waals surface area contributed by atoms with Crippen LogP contribution in [0.4, 0.5) is 5.69 Å². The molecule has 1 fully saturated rings. The van der Waals surface area contributed by atoms with Gasteiger partial charge in [0.1, 0.15) is 6.79 Å². The number of methoxy groups -OCH3 is 1. The Kier molecular flexibility index (Phi) is 9.09. The molecular formula is C26H37N3O3. The number of hydrogen-bond acceptors (Lipinski definition) is 5. The maximum absolute atomic E-state index is 12.4. The van der Waals surface area contributed by atoms with Crippen molar-refractivity contribution in [3.05, 3.63) is 65.7 Å². The van der Waals surface area contributed by atoms with Gasteiger partial charge in [-0.1, -0.05) is 37.3 Å². The molecule has 1 aliphatic heterocycles. The van der Waals surface area contributed by atoms with Crippen molar-refractivity contribution >= 4 is 11.6 Å². The quantitative estimate of drug-likeness (QED) is 0.535. The number of likely N-dealkylation sites (N-methyl/N-ethyl adjacent to an activating group) is 1. The number of nitrogens with zero attached hydrogens (tertiary/aromatic N) is 2. The number of anilines is 1. The third-order valence-electron chi connectivity index (χ3n) is 6.23. The number of ether oxygens (including phenoxy) is 2. The number of rotatable bonds is 11. The lowest BCUT2D eigenvalue weighted by molar-refractivity contribution is -0.0679. The second kappa shape index (κ2) is 12.0. The van der Waals surface area contributed by atoms with Crippen LogP contribution in [-0.2, 0) is 9.47 Å². The van der Waals surface area contributed by atoms with Crippen molar-refractivity contribution in [2.24, 2.45) is 0 Å². The molecule has 0 aromatic heterocycles. The summed E-state index contributed by atoms with van der Waals surface area (Å²) in [4.78, 5) is 17.1. The Bertz CT molecular complexity index is 828. The van der Waals surface area contributed by atoms with Gasteiger partial charge < -0.3 is 19.7 Å². The molecule has 1 aliphatic rings. The standard InChI is InChI=1S/C26H37N3O3/c1-5-20(2)27-26(30)22-11-13-23(14-12-22)28(3)18-25(21-9-7-6-8-10-21)29-16-15-24(17-29)32-19-31-4/h6-14,20,24-25H,5,15-19H2,1-4H3,(H,27,30)/t20?,24-,25-/m0/s1. The molecule has 0 saturated carbocycles. The van der Waals surface area contributed by atoms with Crippen molar-refractivity contribution in [1.29, 1.82) is 0 Å². The number of carbonyl (C=O) groups is 1. The fourth-order valence-corrected chi connectivity index (χ4v) is 4.09. The van der Waals surface area contributed by atoms with E-state index in [-0.39, 0.29) is 24.1 Å². The number of carbonyl (C=O) groups excluding carboxylic acids is 1. The highest BCUT2D eigenvalue weighted by molar-refractivity contribution is 5.94. The van der Waals surface area contributed by atoms with Crippen LogP contribution < -0.4 is 10.2 Å². The van der Waals surface area contributed by atoms with E-state index in [9.17, 15) is 4.79 Å². The van der Waals surface area contributed by atoms with Gasteiger partial charge in [-0.2, -0.15) is 0 Å². The molecule has 3 atom stereocenters. The molecule has 1 saturated heterocycles.